The quantitative estimate of drug-likeness (QED) is 0.792. The van der Waals surface area contributed by atoms with E-state index in [-0.39, 0.29) is 6.54 Å². The van der Waals surface area contributed by atoms with Crippen molar-refractivity contribution in [3.8, 4) is 0 Å². The Labute approximate surface area is 107 Å². The van der Waals surface area contributed by atoms with Gasteiger partial charge in [-0.25, -0.2) is 4.98 Å². The molecule has 1 aromatic rings. The molecule has 1 N–H and O–H groups in total. The summed E-state index contributed by atoms with van der Waals surface area (Å²) in [7, 11) is 0. The fraction of sp³-hybridized carbons (Fsp3) is 0.667. The van der Waals surface area contributed by atoms with Gasteiger partial charge in [-0.3, -0.25) is 14.6 Å². The number of imidazole rings is 1. The van der Waals surface area contributed by atoms with E-state index < -0.39 is 5.97 Å². The van der Waals surface area contributed by atoms with Crippen molar-refractivity contribution in [3.05, 3.63) is 18.2 Å². The second-order valence-corrected chi connectivity index (χ2v) is 4.68. The lowest BCUT2D eigenvalue weighted by Crippen LogP contribution is -2.48. The van der Waals surface area contributed by atoms with E-state index in [0.717, 1.165) is 45.1 Å². The molecule has 0 aromatic carbocycles. The van der Waals surface area contributed by atoms with E-state index in [9.17, 15) is 4.79 Å². The van der Waals surface area contributed by atoms with Gasteiger partial charge in [0.1, 0.15) is 5.82 Å². The van der Waals surface area contributed by atoms with Crippen molar-refractivity contribution in [1.82, 2.24) is 19.4 Å². The molecule has 1 fully saturated rings. The van der Waals surface area contributed by atoms with Gasteiger partial charge < -0.3 is 9.67 Å². The topological polar surface area (TPSA) is 61.6 Å². The zero-order valence-electron chi connectivity index (χ0n) is 10.7. The van der Waals surface area contributed by atoms with Crippen LogP contribution in [0.1, 0.15) is 5.82 Å². The minimum absolute atomic E-state index is 0.161. The van der Waals surface area contributed by atoms with Gasteiger partial charge >= 0.3 is 5.97 Å². The van der Waals surface area contributed by atoms with Crippen molar-refractivity contribution in [2.75, 3.05) is 39.3 Å². The lowest BCUT2D eigenvalue weighted by molar-refractivity contribution is -0.138. The van der Waals surface area contributed by atoms with E-state index in [1.165, 1.54) is 0 Å². The first-order valence-corrected chi connectivity index (χ1v) is 6.29. The molecule has 0 atom stereocenters. The van der Waals surface area contributed by atoms with Crippen LogP contribution in [0, 0.1) is 6.92 Å². The molecule has 6 nitrogen and oxygen atoms in total. The van der Waals surface area contributed by atoms with Gasteiger partial charge in [0.2, 0.25) is 0 Å². The minimum Gasteiger partial charge on any atom is -0.480 e. The Balaban J connectivity index is 1.71. The molecule has 0 aliphatic carbocycles. The predicted molar refractivity (Wildman–Crippen MR) is 67.5 cm³/mol. The number of carboxylic acids is 1. The minimum atomic E-state index is -0.738. The average Bonchev–Trinajstić information content (AvgIpc) is 2.73. The van der Waals surface area contributed by atoms with Crippen LogP contribution in [0.5, 0.6) is 0 Å². The molecule has 0 amide bonds. The number of hydrogen-bond donors (Lipinski definition) is 1. The monoisotopic (exact) mass is 252 g/mol. The number of carboxylic acid groups (broad SMARTS) is 1. The van der Waals surface area contributed by atoms with E-state index in [2.05, 4.69) is 14.5 Å². The first-order valence-electron chi connectivity index (χ1n) is 6.29. The van der Waals surface area contributed by atoms with Gasteiger partial charge in [0.15, 0.2) is 0 Å². The third-order valence-corrected chi connectivity index (χ3v) is 3.40. The summed E-state index contributed by atoms with van der Waals surface area (Å²) in [4.78, 5) is 19.2. The number of hydrogen-bond acceptors (Lipinski definition) is 4. The molecule has 1 aromatic heterocycles. The summed E-state index contributed by atoms with van der Waals surface area (Å²) >= 11 is 0. The molecule has 0 unspecified atom stereocenters. The van der Waals surface area contributed by atoms with Gasteiger partial charge in [0, 0.05) is 51.7 Å². The highest BCUT2D eigenvalue weighted by atomic mass is 16.4. The number of aliphatic carboxylic acids is 1. The van der Waals surface area contributed by atoms with E-state index >= 15 is 0 Å². The van der Waals surface area contributed by atoms with E-state index in [1.807, 2.05) is 24.2 Å². The Morgan fingerprint density at radius 3 is 2.50 bits per heavy atom. The van der Waals surface area contributed by atoms with Gasteiger partial charge in [-0.2, -0.15) is 0 Å². The number of aryl methyl sites for hydroxylation is 1. The Morgan fingerprint density at radius 2 is 1.94 bits per heavy atom. The second kappa shape index (κ2) is 5.97. The summed E-state index contributed by atoms with van der Waals surface area (Å²) in [6, 6.07) is 0. The summed E-state index contributed by atoms with van der Waals surface area (Å²) < 4.78 is 2.14. The van der Waals surface area contributed by atoms with Crippen molar-refractivity contribution < 1.29 is 9.90 Å². The predicted octanol–water partition coefficient (Wildman–Crippen LogP) is -0.106. The van der Waals surface area contributed by atoms with Gasteiger partial charge in [-0.1, -0.05) is 0 Å². The van der Waals surface area contributed by atoms with Gasteiger partial charge in [-0.05, 0) is 6.92 Å². The smallest absolute Gasteiger partial charge is 0.317 e. The fourth-order valence-electron chi connectivity index (χ4n) is 2.25. The van der Waals surface area contributed by atoms with Crippen LogP contribution in [0.4, 0.5) is 0 Å². The largest absolute Gasteiger partial charge is 0.480 e. The second-order valence-electron chi connectivity index (χ2n) is 4.68. The van der Waals surface area contributed by atoms with Gasteiger partial charge in [-0.15, -0.1) is 0 Å². The first kappa shape index (κ1) is 13.0. The third kappa shape index (κ3) is 3.54. The molecule has 18 heavy (non-hydrogen) atoms. The van der Waals surface area contributed by atoms with Gasteiger partial charge in [0.05, 0.1) is 6.54 Å². The van der Waals surface area contributed by atoms with Crippen molar-refractivity contribution in [3.63, 3.8) is 0 Å². The normalized spacial score (nSPS) is 18.1. The molecule has 2 rings (SSSR count). The molecule has 0 radical (unpaired) electrons. The summed E-state index contributed by atoms with van der Waals surface area (Å²) in [5.41, 5.74) is 0. The Bertz CT molecular complexity index is 397. The molecule has 1 aliphatic heterocycles. The van der Waals surface area contributed by atoms with Crippen LogP contribution in [0.25, 0.3) is 0 Å². The Morgan fingerprint density at radius 1 is 1.28 bits per heavy atom. The summed E-state index contributed by atoms with van der Waals surface area (Å²) in [5, 5.41) is 8.72. The molecule has 0 saturated carbocycles. The maximum absolute atomic E-state index is 10.6. The zero-order chi connectivity index (χ0) is 13.0. The SMILES string of the molecule is Cc1nccn1CCN1CCN(CC(=O)O)CC1. The van der Waals surface area contributed by atoms with Crippen LogP contribution in [-0.4, -0.2) is 69.7 Å². The Kier molecular flexibility index (Phi) is 4.33. The van der Waals surface area contributed by atoms with Crippen LogP contribution < -0.4 is 0 Å². The molecular weight excluding hydrogens is 232 g/mol. The highest BCUT2D eigenvalue weighted by molar-refractivity contribution is 5.69. The van der Waals surface area contributed by atoms with Gasteiger partial charge in [0.25, 0.3) is 0 Å². The number of nitrogens with zero attached hydrogens (tertiary/aromatic N) is 4. The lowest BCUT2D eigenvalue weighted by atomic mass is 10.3. The number of rotatable bonds is 5. The maximum atomic E-state index is 10.6. The van der Waals surface area contributed by atoms with Crippen LogP contribution in [0.3, 0.4) is 0 Å². The van der Waals surface area contributed by atoms with Crippen LogP contribution in [0.2, 0.25) is 0 Å². The van der Waals surface area contributed by atoms with E-state index in [4.69, 9.17) is 5.11 Å². The summed E-state index contributed by atoms with van der Waals surface area (Å²) in [6.45, 7) is 7.69. The summed E-state index contributed by atoms with van der Waals surface area (Å²) in [5.74, 6) is 0.303. The first-order chi connectivity index (χ1) is 8.65. The number of carbonyl (C=O) groups is 1. The maximum Gasteiger partial charge on any atom is 0.317 e. The van der Waals surface area contributed by atoms with E-state index in [0.29, 0.717) is 0 Å². The average molecular weight is 252 g/mol. The van der Waals surface area contributed by atoms with Crippen molar-refractivity contribution in [2.24, 2.45) is 0 Å². The number of aromatic nitrogens is 2. The van der Waals surface area contributed by atoms with Crippen molar-refractivity contribution in [2.45, 2.75) is 13.5 Å². The third-order valence-electron chi connectivity index (χ3n) is 3.40. The Hall–Kier alpha value is -1.40. The standard InChI is InChI=1S/C12H20N4O2/c1-11-13-2-3-16(11)9-8-14-4-6-15(7-5-14)10-12(17)18/h2-3H,4-10H2,1H3,(H,17,18). The van der Waals surface area contributed by atoms with Crippen LogP contribution in [0.15, 0.2) is 12.4 Å². The molecule has 100 valence electrons. The van der Waals surface area contributed by atoms with Crippen LogP contribution >= 0.6 is 0 Å². The highest BCUT2D eigenvalue weighted by Gasteiger charge is 2.18. The highest BCUT2D eigenvalue weighted by Crippen LogP contribution is 2.03. The molecular formula is C12H20N4O2. The summed E-state index contributed by atoms with van der Waals surface area (Å²) in [6.07, 6.45) is 3.82. The molecule has 0 spiro atoms. The van der Waals surface area contributed by atoms with Crippen molar-refractivity contribution in [1.29, 1.82) is 0 Å². The fourth-order valence-corrected chi connectivity index (χ4v) is 2.25. The zero-order valence-corrected chi connectivity index (χ0v) is 10.7. The molecule has 6 heteroatoms. The molecule has 2 heterocycles. The lowest BCUT2D eigenvalue weighted by Gasteiger charge is -2.33. The molecule has 0 bridgehead atoms. The molecule has 1 saturated heterocycles. The van der Waals surface area contributed by atoms with E-state index in [1.54, 1.807) is 0 Å². The van der Waals surface area contributed by atoms with Crippen molar-refractivity contribution >= 4 is 5.97 Å². The number of piperazine rings is 1. The molecule has 1 aliphatic rings. The van der Waals surface area contributed by atoms with Crippen LogP contribution in [-0.2, 0) is 11.3 Å².